The third-order valence-corrected chi connectivity index (χ3v) is 3.22. The zero-order valence-corrected chi connectivity index (χ0v) is 12.9. The number of nitrogens with zero attached hydrogens (tertiary/aromatic N) is 2. The Morgan fingerprint density at radius 3 is 2.36 bits per heavy atom. The zero-order valence-electron chi connectivity index (χ0n) is 12.9. The highest BCUT2D eigenvalue weighted by Crippen LogP contribution is 2.15. The Bertz CT molecular complexity index is 671. The predicted molar refractivity (Wildman–Crippen MR) is 83.1 cm³/mol. The van der Waals surface area contributed by atoms with Crippen molar-refractivity contribution in [3.05, 3.63) is 53.9 Å². The molecule has 0 aliphatic heterocycles. The van der Waals surface area contributed by atoms with E-state index < -0.39 is 11.9 Å². The molecule has 2 aromatic rings. The summed E-state index contributed by atoms with van der Waals surface area (Å²) in [6.07, 6.45) is 3.13. The first-order chi connectivity index (χ1) is 10.3. The van der Waals surface area contributed by atoms with Crippen molar-refractivity contribution in [2.75, 3.05) is 0 Å². The van der Waals surface area contributed by atoms with Crippen LogP contribution in [0.5, 0.6) is 0 Å². The number of rotatable bonds is 4. The van der Waals surface area contributed by atoms with Crippen LogP contribution in [0.4, 0.5) is 0 Å². The maximum atomic E-state index is 12.3. The lowest BCUT2D eigenvalue weighted by molar-refractivity contribution is -0.120. The number of hydrogen-bond acceptors (Lipinski definition) is 3. The Hall–Kier alpha value is -2.63. The number of benzene rings is 1. The van der Waals surface area contributed by atoms with Crippen LogP contribution in [0.25, 0.3) is 0 Å². The standard InChI is InChI=1S/C16H20N4O2/c1-16(2,3)20-10-12(9-18-20)15(22)19-13(14(17)21)11-7-5-4-6-8-11/h4-10,13H,1-3H3,(H2,17,21)(H,19,22)/t13-/m1/s1. The van der Waals surface area contributed by atoms with Crippen LogP contribution >= 0.6 is 0 Å². The van der Waals surface area contributed by atoms with Gasteiger partial charge in [0.1, 0.15) is 6.04 Å². The molecule has 0 fully saturated rings. The fourth-order valence-electron chi connectivity index (χ4n) is 1.99. The second-order valence-corrected chi connectivity index (χ2v) is 6.06. The Labute approximate surface area is 129 Å². The Kier molecular flexibility index (Phi) is 4.30. The molecule has 2 rings (SSSR count). The van der Waals surface area contributed by atoms with Crippen LogP contribution in [0.1, 0.15) is 42.7 Å². The summed E-state index contributed by atoms with van der Waals surface area (Å²) < 4.78 is 1.70. The molecule has 0 aliphatic rings. The Morgan fingerprint density at radius 2 is 1.86 bits per heavy atom. The molecule has 1 heterocycles. The number of carbonyl (C=O) groups is 2. The second-order valence-electron chi connectivity index (χ2n) is 6.06. The summed E-state index contributed by atoms with van der Waals surface area (Å²) in [5.74, 6) is -0.995. The number of amides is 2. The van der Waals surface area contributed by atoms with Crippen LogP contribution in [0.15, 0.2) is 42.7 Å². The van der Waals surface area contributed by atoms with Gasteiger partial charge in [-0.2, -0.15) is 5.10 Å². The van der Waals surface area contributed by atoms with Gasteiger partial charge < -0.3 is 11.1 Å². The van der Waals surface area contributed by atoms with Crippen molar-refractivity contribution >= 4 is 11.8 Å². The molecular weight excluding hydrogens is 280 g/mol. The molecule has 0 spiro atoms. The van der Waals surface area contributed by atoms with Gasteiger partial charge in [0.15, 0.2) is 0 Å². The minimum Gasteiger partial charge on any atom is -0.368 e. The van der Waals surface area contributed by atoms with Crippen molar-refractivity contribution in [1.29, 1.82) is 0 Å². The summed E-state index contributed by atoms with van der Waals surface area (Å²) in [6.45, 7) is 5.95. The number of nitrogens with one attached hydrogen (secondary N) is 1. The summed E-state index contributed by atoms with van der Waals surface area (Å²) in [7, 11) is 0. The zero-order chi connectivity index (χ0) is 16.3. The van der Waals surface area contributed by atoms with E-state index in [1.807, 2.05) is 26.8 Å². The van der Waals surface area contributed by atoms with Gasteiger partial charge in [-0.25, -0.2) is 0 Å². The molecule has 0 unspecified atom stereocenters. The monoisotopic (exact) mass is 300 g/mol. The second kappa shape index (κ2) is 6.01. The van der Waals surface area contributed by atoms with Crippen molar-refractivity contribution in [3.8, 4) is 0 Å². The van der Waals surface area contributed by atoms with Gasteiger partial charge in [-0.05, 0) is 26.3 Å². The molecule has 0 saturated heterocycles. The average Bonchev–Trinajstić information content (AvgIpc) is 2.95. The number of carbonyl (C=O) groups excluding carboxylic acids is 2. The first-order valence-corrected chi connectivity index (χ1v) is 6.99. The van der Waals surface area contributed by atoms with Crippen molar-refractivity contribution in [3.63, 3.8) is 0 Å². The fourth-order valence-corrected chi connectivity index (χ4v) is 1.99. The van der Waals surface area contributed by atoms with Crippen LogP contribution < -0.4 is 11.1 Å². The molecule has 0 radical (unpaired) electrons. The summed E-state index contributed by atoms with van der Waals surface area (Å²) in [5.41, 5.74) is 6.21. The third kappa shape index (κ3) is 3.52. The third-order valence-electron chi connectivity index (χ3n) is 3.22. The Morgan fingerprint density at radius 1 is 1.23 bits per heavy atom. The first-order valence-electron chi connectivity index (χ1n) is 6.99. The van der Waals surface area contributed by atoms with Gasteiger partial charge in [0, 0.05) is 6.20 Å². The first kappa shape index (κ1) is 15.8. The lowest BCUT2D eigenvalue weighted by atomic mass is 10.1. The SMILES string of the molecule is CC(C)(C)n1cc(C(=O)N[C@@H](C(N)=O)c2ccccc2)cn1. The van der Waals surface area contributed by atoms with Gasteiger partial charge in [-0.3, -0.25) is 14.3 Å². The van der Waals surface area contributed by atoms with Gasteiger partial charge >= 0.3 is 0 Å². The molecule has 2 amide bonds. The van der Waals surface area contributed by atoms with Crippen LogP contribution in [0.3, 0.4) is 0 Å². The van der Waals surface area contributed by atoms with Crippen molar-refractivity contribution in [2.45, 2.75) is 32.4 Å². The normalized spacial score (nSPS) is 12.7. The minimum atomic E-state index is -0.869. The molecule has 1 aromatic heterocycles. The van der Waals surface area contributed by atoms with Gasteiger partial charge in [-0.1, -0.05) is 30.3 Å². The van der Waals surface area contributed by atoms with Crippen LogP contribution in [-0.4, -0.2) is 21.6 Å². The summed E-state index contributed by atoms with van der Waals surface area (Å²) in [5, 5.41) is 6.82. The molecule has 22 heavy (non-hydrogen) atoms. The number of aromatic nitrogens is 2. The molecule has 1 aromatic carbocycles. The van der Waals surface area contributed by atoms with E-state index in [1.165, 1.54) is 6.20 Å². The van der Waals surface area contributed by atoms with Gasteiger partial charge in [0.2, 0.25) is 5.91 Å². The molecule has 3 N–H and O–H groups in total. The largest absolute Gasteiger partial charge is 0.368 e. The summed E-state index contributed by atoms with van der Waals surface area (Å²) in [4.78, 5) is 23.9. The predicted octanol–water partition coefficient (Wildman–Crippen LogP) is 1.59. The molecule has 0 bridgehead atoms. The van der Waals surface area contributed by atoms with E-state index >= 15 is 0 Å². The highest BCUT2D eigenvalue weighted by Gasteiger charge is 2.22. The molecule has 1 atom stereocenters. The summed E-state index contributed by atoms with van der Waals surface area (Å²) in [6, 6.07) is 8.02. The van der Waals surface area contributed by atoms with E-state index in [4.69, 9.17) is 5.73 Å². The molecule has 0 aliphatic carbocycles. The summed E-state index contributed by atoms with van der Waals surface area (Å²) >= 11 is 0. The van der Waals surface area contributed by atoms with E-state index in [1.54, 1.807) is 35.1 Å². The maximum absolute atomic E-state index is 12.3. The topological polar surface area (TPSA) is 90.0 Å². The van der Waals surface area contributed by atoms with Crippen molar-refractivity contribution < 1.29 is 9.59 Å². The van der Waals surface area contributed by atoms with Gasteiger partial charge in [-0.15, -0.1) is 0 Å². The maximum Gasteiger partial charge on any atom is 0.255 e. The quantitative estimate of drug-likeness (QED) is 0.898. The molecule has 6 heteroatoms. The lowest BCUT2D eigenvalue weighted by Crippen LogP contribution is -2.37. The fraction of sp³-hybridized carbons (Fsp3) is 0.312. The average molecular weight is 300 g/mol. The van der Waals surface area contributed by atoms with Crippen molar-refractivity contribution in [1.82, 2.24) is 15.1 Å². The minimum absolute atomic E-state index is 0.221. The van der Waals surface area contributed by atoms with E-state index in [0.717, 1.165) is 0 Å². The van der Waals surface area contributed by atoms with E-state index in [-0.39, 0.29) is 11.4 Å². The van der Waals surface area contributed by atoms with Crippen LogP contribution in [0, 0.1) is 0 Å². The van der Waals surface area contributed by atoms with E-state index in [9.17, 15) is 9.59 Å². The molecule has 6 nitrogen and oxygen atoms in total. The highest BCUT2D eigenvalue weighted by atomic mass is 16.2. The van der Waals surface area contributed by atoms with Gasteiger partial charge in [0.05, 0.1) is 17.3 Å². The number of hydrogen-bond donors (Lipinski definition) is 2. The number of primary amides is 1. The molecular formula is C16H20N4O2. The van der Waals surface area contributed by atoms with E-state index in [0.29, 0.717) is 11.1 Å². The number of nitrogens with two attached hydrogens (primary N) is 1. The smallest absolute Gasteiger partial charge is 0.255 e. The van der Waals surface area contributed by atoms with Crippen LogP contribution in [0.2, 0.25) is 0 Å². The van der Waals surface area contributed by atoms with Crippen LogP contribution in [-0.2, 0) is 10.3 Å². The molecule has 0 saturated carbocycles. The Balaban J connectivity index is 2.19. The van der Waals surface area contributed by atoms with Crippen molar-refractivity contribution in [2.24, 2.45) is 5.73 Å². The lowest BCUT2D eigenvalue weighted by Gasteiger charge is -2.18. The van der Waals surface area contributed by atoms with E-state index in [2.05, 4.69) is 10.4 Å². The highest BCUT2D eigenvalue weighted by molar-refractivity contribution is 5.97. The molecule has 116 valence electrons. The van der Waals surface area contributed by atoms with Gasteiger partial charge in [0.25, 0.3) is 5.91 Å².